The van der Waals surface area contributed by atoms with Crippen LogP contribution in [0.3, 0.4) is 0 Å². The standard InChI is InChI=1S/C11H22N2O4S/c1-13(9-10-5-3-4-8-17-10)11(14)6-7-12-18(2,15)16/h10,12H,3-9H2,1-2H3/t10-/m0/s1. The maximum atomic E-state index is 11.7. The molecular formula is C11H22N2O4S. The van der Waals surface area contributed by atoms with E-state index in [4.69, 9.17) is 4.74 Å². The summed E-state index contributed by atoms with van der Waals surface area (Å²) in [7, 11) is -1.50. The van der Waals surface area contributed by atoms with E-state index in [2.05, 4.69) is 4.72 Å². The number of hydrogen-bond acceptors (Lipinski definition) is 4. The Bertz CT molecular complexity index is 363. The van der Waals surface area contributed by atoms with Crippen LogP contribution in [0.1, 0.15) is 25.7 Å². The zero-order chi connectivity index (χ0) is 13.6. The van der Waals surface area contributed by atoms with Gasteiger partial charge in [-0.1, -0.05) is 0 Å². The van der Waals surface area contributed by atoms with Gasteiger partial charge in [-0.3, -0.25) is 4.79 Å². The molecule has 1 N–H and O–H groups in total. The van der Waals surface area contributed by atoms with Crippen molar-refractivity contribution < 1.29 is 17.9 Å². The molecule has 7 heteroatoms. The normalized spacial score (nSPS) is 20.7. The molecule has 0 spiro atoms. The predicted molar refractivity (Wildman–Crippen MR) is 68.7 cm³/mol. The summed E-state index contributed by atoms with van der Waals surface area (Å²) in [6.45, 7) is 1.49. The van der Waals surface area contributed by atoms with Gasteiger partial charge in [-0.2, -0.15) is 0 Å². The van der Waals surface area contributed by atoms with Crippen LogP contribution in [0.4, 0.5) is 0 Å². The van der Waals surface area contributed by atoms with Crippen LogP contribution in [-0.4, -0.2) is 58.3 Å². The summed E-state index contributed by atoms with van der Waals surface area (Å²) >= 11 is 0. The molecule has 0 unspecified atom stereocenters. The van der Waals surface area contributed by atoms with Crippen LogP contribution in [0, 0.1) is 0 Å². The van der Waals surface area contributed by atoms with Crippen LogP contribution in [0.25, 0.3) is 0 Å². The van der Waals surface area contributed by atoms with E-state index >= 15 is 0 Å². The molecule has 1 saturated heterocycles. The summed E-state index contributed by atoms with van der Waals surface area (Å²) in [4.78, 5) is 13.3. The lowest BCUT2D eigenvalue weighted by molar-refractivity contribution is -0.132. The van der Waals surface area contributed by atoms with Gasteiger partial charge in [-0.25, -0.2) is 13.1 Å². The zero-order valence-electron chi connectivity index (χ0n) is 11.0. The van der Waals surface area contributed by atoms with E-state index in [1.54, 1.807) is 11.9 Å². The number of carbonyl (C=O) groups excluding carboxylic acids is 1. The van der Waals surface area contributed by atoms with Crippen LogP contribution in [-0.2, 0) is 19.6 Å². The number of amides is 1. The number of likely N-dealkylation sites (N-methyl/N-ethyl adjacent to an activating group) is 1. The maximum absolute atomic E-state index is 11.7. The minimum Gasteiger partial charge on any atom is -0.376 e. The SMILES string of the molecule is CN(C[C@@H]1CCCCO1)C(=O)CCNS(C)(=O)=O. The van der Waals surface area contributed by atoms with Gasteiger partial charge in [0.05, 0.1) is 12.4 Å². The predicted octanol–water partition coefficient (Wildman–Crippen LogP) is -0.0468. The molecule has 0 aliphatic carbocycles. The molecule has 1 aliphatic rings. The third kappa shape index (κ3) is 6.32. The highest BCUT2D eigenvalue weighted by Crippen LogP contribution is 2.13. The molecule has 1 aliphatic heterocycles. The van der Waals surface area contributed by atoms with Crippen LogP contribution in [0.2, 0.25) is 0 Å². The highest BCUT2D eigenvalue weighted by Gasteiger charge is 2.18. The van der Waals surface area contributed by atoms with Gasteiger partial charge in [0.25, 0.3) is 0 Å². The smallest absolute Gasteiger partial charge is 0.223 e. The number of rotatable bonds is 6. The summed E-state index contributed by atoms with van der Waals surface area (Å²) in [5.74, 6) is -0.0691. The van der Waals surface area contributed by atoms with E-state index in [1.165, 1.54) is 0 Å². The van der Waals surface area contributed by atoms with Crippen molar-refractivity contribution in [2.24, 2.45) is 0 Å². The topological polar surface area (TPSA) is 75.7 Å². The monoisotopic (exact) mass is 278 g/mol. The van der Waals surface area contributed by atoms with E-state index in [0.29, 0.717) is 6.54 Å². The minimum atomic E-state index is -3.22. The average molecular weight is 278 g/mol. The van der Waals surface area contributed by atoms with Gasteiger partial charge in [-0.15, -0.1) is 0 Å². The lowest BCUT2D eigenvalue weighted by Gasteiger charge is -2.27. The van der Waals surface area contributed by atoms with Crippen LogP contribution < -0.4 is 4.72 Å². The third-order valence-corrected chi connectivity index (χ3v) is 3.61. The summed E-state index contributed by atoms with van der Waals surface area (Å²) in [5.41, 5.74) is 0. The van der Waals surface area contributed by atoms with Crippen molar-refractivity contribution in [2.75, 3.05) is 33.0 Å². The van der Waals surface area contributed by atoms with E-state index in [0.717, 1.165) is 32.1 Å². The number of hydrogen-bond donors (Lipinski definition) is 1. The molecule has 18 heavy (non-hydrogen) atoms. The molecule has 1 amide bonds. The highest BCUT2D eigenvalue weighted by molar-refractivity contribution is 7.88. The first kappa shape index (κ1) is 15.4. The molecular weight excluding hydrogens is 256 g/mol. The average Bonchev–Trinajstić information content (AvgIpc) is 2.28. The Morgan fingerprint density at radius 2 is 2.17 bits per heavy atom. The lowest BCUT2D eigenvalue weighted by atomic mass is 10.1. The van der Waals surface area contributed by atoms with Crippen molar-refractivity contribution in [3.8, 4) is 0 Å². The summed E-state index contributed by atoms with van der Waals surface area (Å²) in [6, 6.07) is 0. The molecule has 0 aromatic carbocycles. The lowest BCUT2D eigenvalue weighted by Crippen LogP contribution is -2.38. The van der Waals surface area contributed by atoms with Crippen LogP contribution >= 0.6 is 0 Å². The zero-order valence-corrected chi connectivity index (χ0v) is 11.8. The van der Waals surface area contributed by atoms with E-state index in [-0.39, 0.29) is 25.0 Å². The molecule has 0 bridgehead atoms. The fourth-order valence-electron chi connectivity index (χ4n) is 1.89. The van der Waals surface area contributed by atoms with Gasteiger partial charge in [-0.05, 0) is 19.3 Å². The number of ether oxygens (including phenoxy) is 1. The second kappa shape index (κ2) is 7.06. The molecule has 0 radical (unpaired) electrons. The van der Waals surface area contributed by atoms with Gasteiger partial charge in [0.2, 0.25) is 15.9 Å². The van der Waals surface area contributed by atoms with Crippen molar-refractivity contribution in [1.29, 1.82) is 0 Å². The van der Waals surface area contributed by atoms with Crippen LogP contribution in [0.5, 0.6) is 0 Å². The molecule has 0 aromatic heterocycles. The van der Waals surface area contributed by atoms with Crippen molar-refractivity contribution in [2.45, 2.75) is 31.8 Å². The summed E-state index contributed by atoms with van der Waals surface area (Å²) in [5, 5.41) is 0. The Hall–Kier alpha value is -0.660. The summed E-state index contributed by atoms with van der Waals surface area (Å²) in [6.07, 6.45) is 4.59. The number of sulfonamides is 1. The Kier molecular flexibility index (Phi) is 6.04. The Morgan fingerprint density at radius 3 is 2.72 bits per heavy atom. The fourth-order valence-corrected chi connectivity index (χ4v) is 2.37. The second-order valence-corrected chi connectivity index (χ2v) is 6.51. The molecule has 0 aromatic rings. The van der Waals surface area contributed by atoms with Gasteiger partial charge in [0.1, 0.15) is 0 Å². The molecule has 0 saturated carbocycles. The minimum absolute atomic E-state index is 0.0691. The molecule has 6 nitrogen and oxygen atoms in total. The van der Waals surface area contributed by atoms with Crippen molar-refractivity contribution >= 4 is 15.9 Å². The van der Waals surface area contributed by atoms with Gasteiger partial charge in [0.15, 0.2) is 0 Å². The summed E-state index contributed by atoms with van der Waals surface area (Å²) < 4.78 is 29.5. The molecule has 106 valence electrons. The molecule has 1 rings (SSSR count). The first-order valence-electron chi connectivity index (χ1n) is 6.18. The van der Waals surface area contributed by atoms with Gasteiger partial charge >= 0.3 is 0 Å². The van der Waals surface area contributed by atoms with E-state index in [1.807, 2.05) is 0 Å². The fraction of sp³-hybridized carbons (Fsp3) is 0.909. The first-order chi connectivity index (χ1) is 8.38. The Balaban J connectivity index is 2.23. The van der Waals surface area contributed by atoms with E-state index < -0.39 is 10.0 Å². The highest BCUT2D eigenvalue weighted by atomic mass is 32.2. The molecule has 1 fully saturated rings. The maximum Gasteiger partial charge on any atom is 0.223 e. The second-order valence-electron chi connectivity index (χ2n) is 4.68. The van der Waals surface area contributed by atoms with Gasteiger partial charge < -0.3 is 9.64 Å². The first-order valence-corrected chi connectivity index (χ1v) is 8.08. The Labute approximate surface area is 109 Å². The molecule has 1 atom stereocenters. The van der Waals surface area contributed by atoms with Crippen molar-refractivity contribution in [1.82, 2.24) is 9.62 Å². The third-order valence-electron chi connectivity index (χ3n) is 2.88. The number of carbonyl (C=O) groups is 1. The van der Waals surface area contributed by atoms with Crippen molar-refractivity contribution in [3.63, 3.8) is 0 Å². The largest absolute Gasteiger partial charge is 0.376 e. The van der Waals surface area contributed by atoms with Crippen LogP contribution in [0.15, 0.2) is 0 Å². The molecule has 1 heterocycles. The number of nitrogens with zero attached hydrogens (tertiary/aromatic N) is 1. The quantitative estimate of drug-likeness (QED) is 0.739. The van der Waals surface area contributed by atoms with Gasteiger partial charge in [0, 0.05) is 33.2 Å². The Morgan fingerprint density at radius 1 is 1.44 bits per heavy atom. The number of nitrogens with one attached hydrogen (secondary N) is 1. The van der Waals surface area contributed by atoms with Crippen molar-refractivity contribution in [3.05, 3.63) is 0 Å². The van der Waals surface area contributed by atoms with E-state index in [9.17, 15) is 13.2 Å².